The third-order valence-electron chi connectivity index (χ3n) is 4.55. The van der Waals surface area contributed by atoms with Gasteiger partial charge < -0.3 is 11.1 Å². The quantitative estimate of drug-likeness (QED) is 0.789. The zero-order valence-electron chi connectivity index (χ0n) is 11.7. The van der Waals surface area contributed by atoms with Crippen LogP contribution in [0.5, 0.6) is 0 Å². The van der Waals surface area contributed by atoms with Crippen LogP contribution in [0.25, 0.3) is 0 Å². The molecule has 0 aromatic heterocycles. The number of likely N-dealkylation sites (tertiary alicyclic amines) is 1. The van der Waals surface area contributed by atoms with E-state index in [1.165, 1.54) is 19.5 Å². The zero-order chi connectivity index (χ0) is 13.1. The van der Waals surface area contributed by atoms with Crippen LogP contribution in [0, 0.1) is 5.92 Å². The minimum Gasteiger partial charge on any atom is -0.369 e. The van der Waals surface area contributed by atoms with Crippen molar-refractivity contribution in [2.45, 2.75) is 64.1 Å². The largest absolute Gasteiger partial charge is 0.369 e. The maximum Gasteiger partial charge on any atom is 0.220 e. The molecule has 0 radical (unpaired) electrons. The van der Waals surface area contributed by atoms with Gasteiger partial charge in [-0.25, -0.2) is 0 Å². The molecule has 1 aliphatic heterocycles. The Morgan fingerprint density at radius 3 is 2.33 bits per heavy atom. The van der Waals surface area contributed by atoms with Crippen molar-refractivity contribution in [1.82, 2.24) is 10.2 Å². The summed E-state index contributed by atoms with van der Waals surface area (Å²) in [5.74, 6) is 0.0130. The topological polar surface area (TPSA) is 58.4 Å². The molecule has 1 aliphatic carbocycles. The maximum absolute atomic E-state index is 11.1. The van der Waals surface area contributed by atoms with Crippen molar-refractivity contribution >= 4 is 5.91 Å². The number of amides is 1. The van der Waals surface area contributed by atoms with Crippen LogP contribution in [0.4, 0.5) is 0 Å². The molecule has 0 aromatic carbocycles. The van der Waals surface area contributed by atoms with Crippen LogP contribution >= 0.6 is 0 Å². The van der Waals surface area contributed by atoms with Crippen molar-refractivity contribution in [3.8, 4) is 0 Å². The fourth-order valence-electron chi connectivity index (χ4n) is 3.27. The van der Waals surface area contributed by atoms with Gasteiger partial charge in [0.1, 0.15) is 0 Å². The zero-order valence-corrected chi connectivity index (χ0v) is 11.7. The number of carbonyl (C=O) groups is 1. The van der Waals surface area contributed by atoms with E-state index < -0.39 is 0 Å². The summed E-state index contributed by atoms with van der Waals surface area (Å²) in [5.41, 5.74) is 5.36. The summed E-state index contributed by atoms with van der Waals surface area (Å²) in [6.45, 7) is 6.92. The number of rotatable bonds is 4. The highest BCUT2D eigenvalue weighted by atomic mass is 16.1. The van der Waals surface area contributed by atoms with E-state index in [2.05, 4.69) is 24.1 Å². The Hall–Kier alpha value is -0.610. The Morgan fingerprint density at radius 1 is 1.17 bits per heavy atom. The van der Waals surface area contributed by atoms with Crippen molar-refractivity contribution in [2.75, 3.05) is 13.1 Å². The Kier molecular flexibility index (Phi) is 4.62. The second-order valence-corrected chi connectivity index (χ2v) is 6.19. The summed E-state index contributed by atoms with van der Waals surface area (Å²) in [7, 11) is 0. The van der Waals surface area contributed by atoms with Gasteiger partial charge in [-0.15, -0.1) is 0 Å². The molecule has 4 nitrogen and oxygen atoms in total. The molecule has 1 amide bonds. The molecule has 1 unspecified atom stereocenters. The molecule has 0 bridgehead atoms. The SMILES string of the molecule is CC(C)N1CCC(NC2CCC(C(N)=O)CC2)C1. The van der Waals surface area contributed by atoms with Gasteiger partial charge in [0.25, 0.3) is 0 Å². The van der Waals surface area contributed by atoms with Crippen LogP contribution in [-0.4, -0.2) is 42.0 Å². The first-order chi connectivity index (χ1) is 8.56. The van der Waals surface area contributed by atoms with Crippen LogP contribution < -0.4 is 11.1 Å². The van der Waals surface area contributed by atoms with E-state index >= 15 is 0 Å². The van der Waals surface area contributed by atoms with Crippen molar-refractivity contribution in [3.63, 3.8) is 0 Å². The molecule has 2 aliphatic rings. The van der Waals surface area contributed by atoms with Gasteiger partial charge in [-0.2, -0.15) is 0 Å². The van der Waals surface area contributed by atoms with Gasteiger partial charge in [-0.3, -0.25) is 9.69 Å². The lowest BCUT2D eigenvalue weighted by molar-refractivity contribution is -0.122. The average Bonchev–Trinajstić information content (AvgIpc) is 2.78. The van der Waals surface area contributed by atoms with Gasteiger partial charge in [0.05, 0.1) is 0 Å². The summed E-state index contributed by atoms with van der Waals surface area (Å²) in [6, 6.07) is 1.89. The molecule has 0 spiro atoms. The third-order valence-corrected chi connectivity index (χ3v) is 4.55. The summed E-state index contributed by atoms with van der Waals surface area (Å²) >= 11 is 0. The molecule has 1 heterocycles. The number of hydrogen-bond donors (Lipinski definition) is 2. The van der Waals surface area contributed by atoms with E-state index in [1.54, 1.807) is 0 Å². The normalized spacial score (nSPS) is 34.1. The van der Waals surface area contributed by atoms with Crippen molar-refractivity contribution < 1.29 is 4.79 Å². The van der Waals surface area contributed by atoms with Crippen LogP contribution in [0.1, 0.15) is 46.0 Å². The average molecular weight is 253 g/mol. The molecule has 1 saturated carbocycles. The molecule has 1 saturated heterocycles. The van der Waals surface area contributed by atoms with Gasteiger partial charge >= 0.3 is 0 Å². The van der Waals surface area contributed by atoms with Crippen LogP contribution in [0.3, 0.4) is 0 Å². The van der Waals surface area contributed by atoms with Gasteiger partial charge in [0.2, 0.25) is 5.91 Å². The first-order valence-corrected chi connectivity index (χ1v) is 7.35. The predicted octanol–water partition coefficient (Wildman–Crippen LogP) is 1.10. The molecular formula is C14H27N3O. The Bertz CT molecular complexity index is 285. The second-order valence-electron chi connectivity index (χ2n) is 6.19. The van der Waals surface area contributed by atoms with Gasteiger partial charge in [0, 0.05) is 30.6 Å². The maximum atomic E-state index is 11.1. The summed E-state index contributed by atoms with van der Waals surface area (Å²) < 4.78 is 0. The molecule has 18 heavy (non-hydrogen) atoms. The fourth-order valence-corrected chi connectivity index (χ4v) is 3.27. The van der Waals surface area contributed by atoms with E-state index in [0.29, 0.717) is 18.1 Å². The van der Waals surface area contributed by atoms with Crippen molar-refractivity contribution in [1.29, 1.82) is 0 Å². The van der Waals surface area contributed by atoms with Crippen LogP contribution in [0.15, 0.2) is 0 Å². The molecule has 0 aromatic rings. The van der Waals surface area contributed by atoms with Gasteiger partial charge in [0.15, 0.2) is 0 Å². The number of hydrogen-bond acceptors (Lipinski definition) is 3. The smallest absolute Gasteiger partial charge is 0.220 e. The molecule has 1 atom stereocenters. The summed E-state index contributed by atoms with van der Waals surface area (Å²) in [5, 5.41) is 3.77. The Balaban J connectivity index is 1.71. The lowest BCUT2D eigenvalue weighted by atomic mass is 9.85. The summed E-state index contributed by atoms with van der Waals surface area (Å²) in [6.07, 6.45) is 5.40. The van der Waals surface area contributed by atoms with E-state index in [1.807, 2.05) is 0 Å². The highest BCUT2D eigenvalue weighted by Crippen LogP contribution is 2.25. The lowest BCUT2D eigenvalue weighted by Gasteiger charge is -2.30. The van der Waals surface area contributed by atoms with Crippen molar-refractivity contribution in [3.05, 3.63) is 0 Å². The summed E-state index contributed by atoms with van der Waals surface area (Å²) in [4.78, 5) is 13.7. The number of nitrogens with one attached hydrogen (secondary N) is 1. The van der Waals surface area contributed by atoms with E-state index in [-0.39, 0.29) is 11.8 Å². The molecule has 2 fully saturated rings. The highest BCUT2D eigenvalue weighted by Gasteiger charge is 2.29. The molecule has 2 rings (SSSR count). The van der Waals surface area contributed by atoms with E-state index in [4.69, 9.17) is 5.73 Å². The number of primary amides is 1. The predicted molar refractivity (Wildman–Crippen MR) is 73.2 cm³/mol. The van der Waals surface area contributed by atoms with Gasteiger partial charge in [-0.1, -0.05) is 0 Å². The second kappa shape index (κ2) is 6.02. The Morgan fingerprint density at radius 2 is 1.83 bits per heavy atom. The molecule has 3 N–H and O–H groups in total. The van der Waals surface area contributed by atoms with Crippen LogP contribution in [-0.2, 0) is 4.79 Å². The van der Waals surface area contributed by atoms with E-state index in [0.717, 1.165) is 25.7 Å². The van der Waals surface area contributed by atoms with E-state index in [9.17, 15) is 4.79 Å². The molecular weight excluding hydrogens is 226 g/mol. The number of nitrogens with two attached hydrogens (primary N) is 1. The van der Waals surface area contributed by atoms with Gasteiger partial charge in [-0.05, 0) is 52.5 Å². The minimum atomic E-state index is -0.111. The highest BCUT2D eigenvalue weighted by molar-refractivity contribution is 5.76. The fraction of sp³-hybridized carbons (Fsp3) is 0.929. The molecule has 104 valence electrons. The van der Waals surface area contributed by atoms with Crippen LogP contribution in [0.2, 0.25) is 0 Å². The standard InChI is InChI=1S/C14H27N3O/c1-10(2)17-8-7-13(9-17)16-12-5-3-11(4-6-12)14(15)18/h10-13,16H,3-9H2,1-2H3,(H2,15,18). The molecule has 4 heteroatoms. The first kappa shape index (κ1) is 13.8. The number of carbonyl (C=O) groups excluding carboxylic acids is 1. The number of nitrogens with zero attached hydrogens (tertiary/aromatic N) is 1. The monoisotopic (exact) mass is 253 g/mol. The first-order valence-electron chi connectivity index (χ1n) is 7.35. The third kappa shape index (κ3) is 3.45. The Labute approximate surface area is 110 Å². The minimum absolute atomic E-state index is 0.111. The lowest BCUT2D eigenvalue weighted by Crippen LogP contribution is -2.43. The van der Waals surface area contributed by atoms with Crippen molar-refractivity contribution in [2.24, 2.45) is 11.7 Å².